The summed E-state index contributed by atoms with van der Waals surface area (Å²) < 4.78 is 1.67. The van der Waals surface area contributed by atoms with E-state index in [4.69, 9.17) is 10.8 Å². The van der Waals surface area contributed by atoms with Crippen molar-refractivity contribution >= 4 is 5.97 Å². The summed E-state index contributed by atoms with van der Waals surface area (Å²) in [7, 11) is 0. The molecule has 5 heteroatoms. The molecule has 5 nitrogen and oxygen atoms in total. The lowest BCUT2D eigenvalue weighted by Gasteiger charge is -2.16. The summed E-state index contributed by atoms with van der Waals surface area (Å²) in [6.07, 6.45) is 4.83. The first-order valence-electron chi connectivity index (χ1n) is 3.58. The molecule has 12 heavy (non-hydrogen) atoms. The molecule has 0 spiro atoms. The Bertz CT molecular complexity index is 258. The molecule has 66 valence electrons. The number of imidazole rings is 1. The van der Waals surface area contributed by atoms with E-state index in [0.29, 0.717) is 0 Å². The van der Waals surface area contributed by atoms with Crippen LogP contribution in [0.15, 0.2) is 18.7 Å². The summed E-state index contributed by atoms with van der Waals surface area (Å²) in [6.45, 7) is 1.74. The molecule has 2 atom stereocenters. The van der Waals surface area contributed by atoms with Crippen LogP contribution in [-0.2, 0) is 4.79 Å². The number of hydrogen-bond acceptors (Lipinski definition) is 3. The highest BCUT2D eigenvalue weighted by molar-refractivity contribution is 5.73. The number of rotatable bonds is 3. The molecule has 3 N–H and O–H groups in total. The van der Waals surface area contributed by atoms with Crippen molar-refractivity contribution in [1.82, 2.24) is 9.55 Å². The zero-order valence-corrected chi connectivity index (χ0v) is 6.71. The lowest BCUT2D eigenvalue weighted by atomic mass is 10.1. The fourth-order valence-electron chi connectivity index (χ4n) is 0.902. The minimum Gasteiger partial charge on any atom is -0.480 e. The highest BCUT2D eigenvalue weighted by atomic mass is 16.4. The number of carboxylic acids is 1. The lowest BCUT2D eigenvalue weighted by molar-refractivity contribution is -0.139. The maximum absolute atomic E-state index is 10.5. The molecule has 1 heterocycles. The second-order valence-electron chi connectivity index (χ2n) is 2.61. The van der Waals surface area contributed by atoms with Crippen LogP contribution in [0.5, 0.6) is 0 Å². The number of carboxylic acid groups (broad SMARTS) is 1. The van der Waals surface area contributed by atoms with E-state index >= 15 is 0 Å². The van der Waals surface area contributed by atoms with Crippen molar-refractivity contribution in [1.29, 1.82) is 0 Å². The Balaban J connectivity index is 2.71. The first-order valence-corrected chi connectivity index (χ1v) is 3.58. The van der Waals surface area contributed by atoms with Gasteiger partial charge in [-0.25, -0.2) is 4.98 Å². The van der Waals surface area contributed by atoms with Crippen molar-refractivity contribution < 1.29 is 9.90 Å². The molecule has 1 aromatic heterocycles. The highest BCUT2D eigenvalue weighted by Gasteiger charge is 2.20. The molecular formula is C7H11N3O2. The van der Waals surface area contributed by atoms with Gasteiger partial charge in [-0.2, -0.15) is 0 Å². The van der Waals surface area contributed by atoms with Crippen LogP contribution in [0.25, 0.3) is 0 Å². The molecular weight excluding hydrogens is 158 g/mol. The van der Waals surface area contributed by atoms with Gasteiger partial charge in [0.15, 0.2) is 0 Å². The van der Waals surface area contributed by atoms with E-state index in [2.05, 4.69) is 4.98 Å². The Hall–Kier alpha value is -1.36. The minimum atomic E-state index is -1.00. The van der Waals surface area contributed by atoms with Gasteiger partial charge in [0.2, 0.25) is 0 Å². The summed E-state index contributed by atoms with van der Waals surface area (Å²) in [4.78, 5) is 14.3. The van der Waals surface area contributed by atoms with Gasteiger partial charge in [-0.05, 0) is 6.92 Å². The number of carbonyl (C=O) groups is 1. The molecule has 1 aromatic rings. The van der Waals surface area contributed by atoms with Crippen LogP contribution in [0, 0.1) is 0 Å². The molecule has 0 aliphatic rings. The number of nitrogens with zero attached hydrogens (tertiary/aromatic N) is 2. The summed E-state index contributed by atoms with van der Waals surface area (Å²) in [5.74, 6) is -1.00. The van der Waals surface area contributed by atoms with Gasteiger partial charge in [-0.15, -0.1) is 0 Å². The first-order chi connectivity index (χ1) is 5.63. The molecule has 0 amide bonds. The maximum atomic E-state index is 10.5. The average Bonchev–Trinajstić information content (AvgIpc) is 2.53. The van der Waals surface area contributed by atoms with Gasteiger partial charge < -0.3 is 15.4 Å². The highest BCUT2D eigenvalue weighted by Crippen LogP contribution is 2.07. The zero-order chi connectivity index (χ0) is 9.14. The maximum Gasteiger partial charge on any atom is 0.322 e. The smallest absolute Gasteiger partial charge is 0.322 e. The van der Waals surface area contributed by atoms with Crippen LogP contribution in [-0.4, -0.2) is 26.7 Å². The normalized spacial score (nSPS) is 15.5. The number of aliphatic carboxylic acids is 1. The molecule has 0 radical (unpaired) electrons. The third-order valence-corrected chi connectivity index (χ3v) is 1.80. The van der Waals surface area contributed by atoms with Crippen LogP contribution in [0.2, 0.25) is 0 Å². The second-order valence-corrected chi connectivity index (χ2v) is 2.61. The second kappa shape index (κ2) is 3.36. The van der Waals surface area contributed by atoms with Crippen LogP contribution in [0.3, 0.4) is 0 Å². The number of nitrogens with two attached hydrogens (primary N) is 1. The largest absolute Gasteiger partial charge is 0.480 e. The van der Waals surface area contributed by atoms with E-state index < -0.39 is 12.0 Å². The van der Waals surface area contributed by atoms with Crippen molar-refractivity contribution in [3.63, 3.8) is 0 Å². The van der Waals surface area contributed by atoms with E-state index in [-0.39, 0.29) is 6.04 Å². The summed E-state index contributed by atoms with van der Waals surface area (Å²) >= 11 is 0. The monoisotopic (exact) mass is 169 g/mol. The zero-order valence-electron chi connectivity index (χ0n) is 6.71. The van der Waals surface area contributed by atoms with Gasteiger partial charge in [0, 0.05) is 12.4 Å². The van der Waals surface area contributed by atoms with E-state index in [1.807, 2.05) is 0 Å². The van der Waals surface area contributed by atoms with E-state index in [9.17, 15) is 4.79 Å². The predicted octanol–water partition coefficient (Wildman–Crippen LogP) is -0.144. The van der Waals surface area contributed by atoms with Crippen LogP contribution in [0.1, 0.15) is 13.0 Å². The molecule has 0 fully saturated rings. The molecule has 1 rings (SSSR count). The van der Waals surface area contributed by atoms with Crippen LogP contribution < -0.4 is 5.73 Å². The van der Waals surface area contributed by atoms with Crippen molar-refractivity contribution in [2.45, 2.75) is 19.0 Å². The predicted molar refractivity (Wildman–Crippen MR) is 42.5 cm³/mol. The third kappa shape index (κ3) is 1.62. The Labute approximate surface area is 69.8 Å². The fourth-order valence-corrected chi connectivity index (χ4v) is 0.902. The van der Waals surface area contributed by atoms with Gasteiger partial charge >= 0.3 is 5.97 Å². The van der Waals surface area contributed by atoms with E-state index in [0.717, 1.165) is 0 Å². The topological polar surface area (TPSA) is 81.1 Å². The Kier molecular flexibility index (Phi) is 2.44. The third-order valence-electron chi connectivity index (χ3n) is 1.80. The van der Waals surface area contributed by atoms with Gasteiger partial charge in [0.05, 0.1) is 12.4 Å². The Morgan fingerprint density at radius 3 is 2.83 bits per heavy atom. The van der Waals surface area contributed by atoms with E-state index in [1.54, 1.807) is 30.2 Å². The number of aromatic nitrogens is 2. The van der Waals surface area contributed by atoms with Crippen molar-refractivity contribution in [3.8, 4) is 0 Å². The summed E-state index contributed by atoms with van der Waals surface area (Å²) in [5, 5.41) is 8.59. The van der Waals surface area contributed by atoms with Crippen LogP contribution in [0.4, 0.5) is 0 Å². The summed E-state index contributed by atoms with van der Waals surface area (Å²) in [6, 6.07) is -1.16. The molecule has 1 unspecified atom stereocenters. The SMILES string of the molecule is CC([C@H](N)C(=O)O)n1ccnc1. The summed E-state index contributed by atoms with van der Waals surface area (Å²) in [5.41, 5.74) is 5.40. The van der Waals surface area contributed by atoms with Crippen molar-refractivity contribution in [2.24, 2.45) is 5.73 Å². The first kappa shape index (κ1) is 8.73. The lowest BCUT2D eigenvalue weighted by Crippen LogP contribution is -2.37. The molecule has 0 aromatic carbocycles. The van der Waals surface area contributed by atoms with Gasteiger partial charge in [0.25, 0.3) is 0 Å². The molecule has 0 saturated heterocycles. The molecule has 0 bridgehead atoms. The van der Waals surface area contributed by atoms with Gasteiger partial charge in [-0.3, -0.25) is 4.79 Å². The van der Waals surface area contributed by atoms with Crippen LogP contribution >= 0.6 is 0 Å². The van der Waals surface area contributed by atoms with E-state index in [1.165, 1.54) is 0 Å². The van der Waals surface area contributed by atoms with Crippen molar-refractivity contribution in [2.75, 3.05) is 0 Å². The van der Waals surface area contributed by atoms with Gasteiger partial charge in [0.1, 0.15) is 6.04 Å². The standard InChI is InChI=1S/C7H11N3O2/c1-5(6(8)7(11)12)10-3-2-9-4-10/h2-6H,8H2,1H3,(H,11,12)/t5?,6-/m0/s1. The molecule has 0 saturated carbocycles. The fraction of sp³-hybridized carbons (Fsp3) is 0.429. The van der Waals surface area contributed by atoms with Gasteiger partial charge in [-0.1, -0.05) is 0 Å². The quantitative estimate of drug-likeness (QED) is 0.659. The molecule has 0 aliphatic carbocycles. The molecule has 0 aliphatic heterocycles. The van der Waals surface area contributed by atoms with Crippen molar-refractivity contribution in [3.05, 3.63) is 18.7 Å². The minimum absolute atomic E-state index is 0.273. The Morgan fingerprint density at radius 2 is 2.42 bits per heavy atom. The average molecular weight is 169 g/mol. The Morgan fingerprint density at radius 1 is 1.75 bits per heavy atom. The number of hydrogen-bond donors (Lipinski definition) is 2.